The lowest BCUT2D eigenvalue weighted by Gasteiger charge is -2.37. The zero-order chi connectivity index (χ0) is 20.4. The van der Waals surface area contributed by atoms with Gasteiger partial charge in [0.15, 0.2) is 0 Å². The molecule has 1 heterocycles. The number of hydrogen-bond donors (Lipinski definition) is 1. The van der Waals surface area contributed by atoms with Gasteiger partial charge in [0.2, 0.25) is 5.11 Å². The summed E-state index contributed by atoms with van der Waals surface area (Å²) in [6.45, 7) is 6.39. The van der Waals surface area contributed by atoms with Gasteiger partial charge in [0.05, 0.1) is 0 Å². The Morgan fingerprint density at radius 1 is 0.897 bits per heavy atom. The van der Waals surface area contributed by atoms with Gasteiger partial charge >= 0.3 is 0 Å². The number of hydrogen-bond acceptors (Lipinski definition) is 2. The molecule has 1 aliphatic rings. The second-order valence-corrected chi connectivity index (χ2v) is 8.21. The maximum Gasteiger partial charge on any atom is 0.202 e. The van der Waals surface area contributed by atoms with E-state index in [4.69, 9.17) is 17.2 Å². The fourth-order valence-electron chi connectivity index (χ4n) is 3.85. The maximum absolute atomic E-state index is 5.74. The van der Waals surface area contributed by atoms with Crippen molar-refractivity contribution in [1.82, 2.24) is 0 Å². The van der Waals surface area contributed by atoms with Crippen molar-refractivity contribution >= 4 is 34.5 Å². The first-order chi connectivity index (χ1) is 14.0. The van der Waals surface area contributed by atoms with Crippen molar-refractivity contribution in [1.29, 1.82) is 0 Å². The summed E-state index contributed by atoms with van der Waals surface area (Å²) in [5.41, 5.74) is 5.34. The molecule has 0 unspecified atom stereocenters. The van der Waals surface area contributed by atoms with Gasteiger partial charge in [0.1, 0.15) is 11.4 Å². The van der Waals surface area contributed by atoms with Crippen molar-refractivity contribution in [3.8, 4) is 0 Å². The fraction of sp³-hybridized carbons (Fsp3) is 0.200. The highest BCUT2D eigenvalue weighted by molar-refractivity contribution is 7.80. The number of benzene rings is 3. The molecule has 4 heteroatoms. The summed E-state index contributed by atoms with van der Waals surface area (Å²) in [6, 6.07) is 27.3. The Morgan fingerprint density at radius 3 is 2.31 bits per heavy atom. The molecular weight excluding hydrogens is 374 g/mol. The van der Waals surface area contributed by atoms with Crippen molar-refractivity contribution in [3.05, 3.63) is 95.6 Å². The van der Waals surface area contributed by atoms with Crippen LogP contribution < -0.4 is 10.2 Å². The fourth-order valence-corrected chi connectivity index (χ4v) is 4.25. The molecule has 3 nitrogen and oxygen atoms in total. The largest absolute Gasteiger partial charge is 0.342 e. The highest BCUT2D eigenvalue weighted by Crippen LogP contribution is 2.35. The van der Waals surface area contributed by atoms with Crippen LogP contribution in [0.4, 0.5) is 11.4 Å². The topological polar surface area (TPSA) is 27.6 Å². The van der Waals surface area contributed by atoms with Crippen molar-refractivity contribution in [2.75, 3.05) is 10.2 Å². The first-order valence-electron chi connectivity index (χ1n) is 9.83. The predicted molar refractivity (Wildman–Crippen MR) is 127 cm³/mol. The Morgan fingerprint density at radius 2 is 1.62 bits per heavy atom. The number of aliphatic imine (C=N–C) groups is 1. The molecule has 0 fully saturated rings. The van der Waals surface area contributed by atoms with Crippen molar-refractivity contribution < 1.29 is 0 Å². The molecule has 1 aliphatic heterocycles. The molecule has 0 amide bonds. The molecule has 0 bridgehead atoms. The van der Waals surface area contributed by atoms with E-state index < -0.39 is 5.54 Å². The molecule has 3 aromatic rings. The normalized spacial score (nSPS) is 18.7. The van der Waals surface area contributed by atoms with Crippen molar-refractivity contribution in [2.24, 2.45) is 4.99 Å². The van der Waals surface area contributed by atoms with Crippen LogP contribution in [0.15, 0.2) is 83.9 Å². The number of amidine groups is 1. The van der Waals surface area contributed by atoms with Crippen LogP contribution in [0.25, 0.3) is 0 Å². The highest BCUT2D eigenvalue weighted by Gasteiger charge is 2.45. The summed E-state index contributed by atoms with van der Waals surface area (Å²) >= 11 is 5.74. The molecule has 0 aliphatic carbocycles. The smallest absolute Gasteiger partial charge is 0.202 e. The zero-order valence-electron chi connectivity index (χ0n) is 17.0. The van der Waals surface area contributed by atoms with E-state index in [1.807, 2.05) is 6.07 Å². The van der Waals surface area contributed by atoms with Gasteiger partial charge in [-0.15, -0.1) is 0 Å². The maximum atomic E-state index is 5.74. The van der Waals surface area contributed by atoms with Gasteiger partial charge in [-0.1, -0.05) is 60.2 Å². The van der Waals surface area contributed by atoms with Crippen molar-refractivity contribution in [2.45, 2.75) is 32.7 Å². The molecule has 146 valence electrons. The third-order valence-electron chi connectivity index (χ3n) is 5.37. The molecule has 1 atom stereocenters. The number of nitrogens with zero attached hydrogens (tertiary/aromatic N) is 2. The Hall–Kier alpha value is -2.98. The first kappa shape index (κ1) is 19.3. The SMILES string of the molecule is Cc1ccc(N2C(=S)N=C(Nc3cccc(C)c3)[C@@]2(C)Cc2ccccc2)cc1. The monoisotopic (exact) mass is 399 g/mol. The second kappa shape index (κ2) is 7.80. The van der Waals surface area contributed by atoms with Crippen molar-refractivity contribution in [3.63, 3.8) is 0 Å². The third-order valence-corrected chi connectivity index (χ3v) is 5.64. The number of rotatable bonds is 4. The van der Waals surface area contributed by atoms with E-state index in [0.717, 1.165) is 23.6 Å². The molecule has 0 saturated carbocycles. The molecular formula is C25H25N3S. The van der Waals surface area contributed by atoms with Crippen LogP contribution in [0.2, 0.25) is 0 Å². The molecule has 3 aromatic carbocycles. The lowest BCUT2D eigenvalue weighted by molar-refractivity contribution is 0.626. The van der Waals surface area contributed by atoms with Crippen LogP contribution >= 0.6 is 12.2 Å². The number of nitrogens with one attached hydrogen (secondary N) is 1. The van der Waals surface area contributed by atoms with Gasteiger partial charge in [-0.2, -0.15) is 0 Å². The van der Waals surface area contributed by atoms with Gasteiger partial charge in [-0.3, -0.25) is 0 Å². The Kier molecular flexibility index (Phi) is 5.20. The molecule has 29 heavy (non-hydrogen) atoms. The predicted octanol–water partition coefficient (Wildman–Crippen LogP) is 5.92. The van der Waals surface area contributed by atoms with E-state index >= 15 is 0 Å². The molecule has 0 saturated heterocycles. The van der Waals surface area contributed by atoms with E-state index in [1.54, 1.807) is 0 Å². The van der Waals surface area contributed by atoms with E-state index in [2.05, 4.69) is 104 Å². The Bertz CT molecular complexity index is 1060. The van der Waals surface area contributed by atoms with Gasteiger partial charge in [-0.05, 0) is 68.4 Å². The minimum atomic E-state index is -0.419. The quantitative estimate of drug-likeness (QED) is 0.552. The van der Waals surface area contributed by atoms with Crippen LogP contribution in [0.5, 0.6) is 0 Å². The average molecular weight is 400 g/mol. The molecule has 4 rings (SSSR count). The molecule has 0 radical (unpaired) electrons. The minimum absolute atomic E-state index is 0.419. The summed E-state index contributed by atoms with van der Waals surface area (Å²) in [6.07, 6.45) is 0.791. The van der Waals surface area contributed by atoms with E-state index in [9.17, 15) is 0 Å². The van der Waals surface area contributed by atoms with Crippen LogP contribution in [0.1, 0.15) is 23.6 Å². The lowest BCUT2D eigenvalue weighted by Crippen LogP contribution is -2.53. The Balaban J connectivity index is 1.75. The van der Waals surface area contributed by atoms with Gasteiger partial charge < -0.3 is 10.2 Å². The summed E-state index contributed by atoms with van der Waals surface area (Å²) in [5.74, 6) is 0.873. The van der Waals surface area contributed by atoms with Crippen LogP contribution in [-0.2, 0) is 6.42 Å². The summed E-state index contributed by atoms with van der Waals surface area (Å²) in [7, 11) is 0. The third kappa shape index (κ3) is 3.94. The highest BCUT2D eigenvalue weighted by atomic mass is 32.1. The summed E-state index contributed by atoms with van der Waals surface area (Å²) in [4.78, 5) is 6.98. The van der Waals surface area contributed by atoms with E-state index in [0.29, 0.717) is 5.11 Å². The lowest BCUT2D eigenvalue weighted by atomic mass is 9.89. The van der Waals surface area contributed by atoms with E-state index in [-0.39, 0.29) is 0 Å². The molecule has 1 N–H and O–H groups in total. The van der Waals surface area contributed by atoms with E-state index in [1.165, 1.54) is 16.7 Å². The standard InChI is InChI=1S/C25H25N3S/c1-18-12-14-22(15-13-18)28-24(29)27-23(26-21-11-7-8-19(2)16-21)25(28,3)17-20-9-5-4-6-10-20/h4-16H,17H2,1-3H3,(H,26,27,29)/t25-/m1/s1. The van der Waals surface area contributed by atoms with Gasteiger partial charge in [-0.25, -0.2) is 4.99 Å². The minimum Gasteiger partial charge on any atom is -0.342 e. The Labute approximate surface area is 178 Å². The second-order valence-electron chi connectivity index (χ2n) is 7.84. The summed E-state index contributed by atoms with van der Waals surface area (Å²) in [5, 5.41) is 4.14. The number of anilines is 2. The number of thiocarbonyl (C=S) groups is 1. The molecule has 0 spiro atoms. The molecule has 0 aromatic heterocycles. The zero-order valence-corrected chi connectivity index (χ0v) is 17.8. The van der Waals surface area contributed by atoms with Gasteiger partial charge in [0, 0.05) is 17.8 Å². The van der Waals surface area contributed by atoms with Crippen LogP contribution in [0, 0.1) is 13.8 Å². The van der Waals surface area contributed by atoms with Crippen LogP contribution in [-0.4, -0.2) is 16.5 Å². The average Bonchev–Trinajstić information content (AvgIpc) is 2.93. The number of aryl methyl sites for hydroxylation is 2. The van der Waals surface area contributed by atoms with Crippen LogP contribution in [0.3, 0.4) is 0 Å². The van der Waals surface area contributed by atoms with Gasteiger partial charge in [0.25, 0.3) is 0 Å². The first-order valence-corrected chi connectivity index (χ1v) is 10.2. The summed E-state index contributed by atoms with van der Waals surface area (Å²) < 4.78 is 0.